The fraction of sp³-hybridized carbons (Fsp3) is 0.438. The number of methoxy groups -OCH3 is 1. The zero-order chi connectivity index (χ0) is 18.4. The minimum absolute atomic E-state index is 0.129. The zero-order valence-electron chi connectivity index (χ0n) is 13.7. The normalized spacial score (nSPS) is 18.3. The molecule has 2 rings (SSSR count). The minimum atomic E-state index is -3.59. The second kappa shape index (κ2) is 8.11. The zero-order valence-corrected chi connectivity index (χ0v) is 14.5. The molecule has 0 spiro atoms. The Balaban J connectivity index is 2.02. The van der Waals surface area contributed by atoms with Crippen LogP contribution in [0.25, 0.3) is 0 Å². The number of hydrogen-bond acceptors (Lipinski definition) is 6. The highest BCUT2D eigenvalue weighted by Crippen LogP contribution is 2.13. The molecule has 25 heavy (non-hydrogen) atoms. The van der Waals surface area contributed by atoms with Gasteiger partial charge in [0.05, 0.1) is 17.8 Å². The van der Waals surface area contributed by atoms with Crippen LogP contribution >= 0.6 is 0 Å². The Morgan fingerprint density at radius 2 is 2.00 bits per heavy atom. The number of nitrogens with one attached hydrogen (secondary N) is 2. The second-order valence-corrected chi connectivity index (χ2v) is 7.77. The number of hydrogen-bond donors (Lipinski definition) is 2. The number of sulfone groups is 1. The van der Waals surface area contributed by atoms with Crippen molar-refractivity contribution >= 4 is 27.6 Å². The summed E-state index contributed by atoms with van der Waals surface area (Å²) in [6.07, 6.45) is 0.445. The lowest BCUT2D eigenvalue weighted by molar-refractivity contribution is -0.145. The van der Waals surface area contributed by atoms with Gasteiger partial charge in [-0.25, -0.2) is 13.2 Å². The van der Waals surface area contributed by atoms with E-state index in [4.69, 9.17) is 0 Å². The Hall–Kier alpha value is -2.42. The van der Waals surface area contributed by atoms with Gasteiger partial charge in [0.2, 0.25) is 11.8 Å². The van der Waals surface area contributed by atoms with Gasteiger partial charge in [-0.2, -0.15) is 0 Å². The average Bonchev–Trinajstić information content (AvgIpc) is 3.05. The van der Waals surface area contributed by atoms with Crippen molar-refractivity contribution < 1.29 is 27.5 Å². The molecule has 1 aromatic rings. The van der Waals surface area contributed by atoms with Gasteiger partial charge >= 0.3 is 5.97 Å². The first kappa shape index (κ1) is 18.9. The lowest BCUT2D eigenvalue weighted by Gasteiger charge is -2.19. The number of ether oxygens (including phenoxy) is 1. The van der Waals surface area contributed by atoms with Crippen LogP contribution in [0.4, 0.5) is 0 Å². The van der Waals surface area contributed by atoms with E-state index in [0.29, 0.717) is 6.42 Å². The molecule has 0 bridgehead atoms. The molecule has 1 saturated heterocycles. The molecular weight excluding hydrogens is 348 g/mol. The highest BCUT2D eigenvalue weighted by Gasteiger charge is 2.31. The van der Waals surface area contributed by atoms with Crippen LogP contribution in [0.1, 0.15) is 19.3 Å². The molecule has 1 aromatic carbocycles. The standard InChI is InChI=1S/C16H20N2O6S/c1-24-16(21)13(18-15(20)12-7-8-14(19)17-12)9-10-25(22,23)11-5-3-2-4-6-11/h2-6,12-13H,7-10H2,1H3,(H,17,19)(H,18,20)/t12-,13-/m0/s1. The van der Waals surface area contributed by atoms with E-state index in [1.54, 1.807) is 18.2 Å². The van der Waals surface area contributed by atoms with Gasteiger partial charge < -0.3 is 15.4 Å². The van der Waals surface area contributed by atoms with E-state index in [2.05, 4.69) is 15.4 Å². The summed E-state index contributed by atoms with van der Waals surface area (Å²) in [5, 5.41) is 4.95. The molecule has 0 saturated carbocycles. The fourth-order valence-corrected chi connectivity index (χ4v) is 3.85. The predicted molar refractivity (Wildman–Crippen MR) is 88.2 cm³/mol. The third kappa shape index (κ3) is 5.02. The third-order valence-electron chi connectivity index (χ3n) is 3.89. The summed E-state index contributed by atoms with van der Waals surface area (Å²) in [6, 6.07) is 6.03. The molecule has 2 N–H and O–H groups in total. The molecule has 0 radical (unpaired) electrons. The maximum absolute atomic E-state index is 12.3. The highest BCUT2D eigenvalue weighted by atomic mass is 32.2. The third-order valence-corrected chi connectivity index (χ3v) is 5.66. The second-order valence-electron chi connectivity index (χ2n) is 5.66. The van der Waals surface area contributed by atoms with E-state index in [9.17, 15) is 22.8 Å². The first-order chi connectivity index (χ1) is 11.8. The van der Waals surface area contributed by atoms with E-state index in [-0.39, 0.29) is 29.4 Å². The van der Waals surface area contributed by atoms with Crippen molar-refractivity contribution in [1.82, 2.24) is 10.6 Å². The van der Waals surface area contributed by atoms with Crippen LogP contribution in [-0.4, -0.2) is 51.1 Å². The number of carbonyl (C=O) groups excluding carboxylic acids is 3. The summed E-state index contributed by atoms with van der Waals surface area (Å²) in [6.45, 7) is 0. The summed E-state index contributed by atoms with van der Waals surface area (Å²) >= 11 is 0. The van der Waals surface area contributed by atoms with Gasteiger partial charge in [0.25, 0.3) is 0 Å². The molecule has 2 amide bonds. The summed E-state index contributed by atoms with van der Waals surface area (Å²) in [4.78, 5) is 35.3. The lowest BCUT2D eigenvalue weighted by Crippen LogP contribution is -2.49. The van der Waals surface area contributed by atoms with Crippen molar-refractivity contribution in [3.8, 4) is 0 Å². The van der Waals surface area contributed by atoms with E-state index in [1.165, 1.54) is 12.1 Å². The first-order valence-corrected chi connectivity index (χ1v) is 9.44. The number of rotatable bonds is 7. The molecule has 1 aliphatic rings. The largest absolute Gasteiger partial charge is 0.467 e. The van der Waals surface area contributed by atoms with E-state index in [0.717, 1.165) is 7.11 Å². The monoisotopic (exact) mass is 368 g/mol. The maximum Gasteiger partial charge on any atom is 0.328 e. The summed E-state index contributed by atoms with van der Waals surface area (Å²) in [7, 11) is -2.43. The molecule has 0 aromatic heterocycles. The number of amides is 2. The molecule has 8 nitrogen and oxygen atoms in total. The quantitative estimate of drug-likeness (QED) is 0.643. The van der Waals surface area contributed by atoms with E-state index in [1.807, 2.05) is 0 Å². The maximum atomic E-state index is 12.3. The molecule has 2 atom stereocenters. The number of carbonyl (C=O) groups is 3. The van der Waals surface area contributed by atoms with Crippen molar-refractivity contribution in [2.24, 2.45) is 0 Å². The van der Waals surface area contributed by atoms with Gasteiger partial charge in [-0.3, -0.25) is 9.59 Å². The van der Waals surface area contributed by atoms with Gasteiger partial charge in [-0.15, -0.1) is 0 Å². The van der Waals surface area contributed by atoms with Crippen LogP contribution in [0.2, 0.25) is 0 Å². The molecular formula is C16H20N2O6S. The van der Waals surface area contributed by atoms with Crippen molar-refractivity contribution in [1.29, 1.82) is 0 Å². The number of esters is 1. The Morgan fingerprint density at radius 3 is 2.56 bits per heavy atom. The summed E-state index contributed by atoms with van der Waals surface area (Å²) in [5.74, 6) is -1.82. The summed E-state index contributed by atoms with van der Waals surface area (Å²) in [5.41, 5.74) is 0. The SMILES string of the molecule is COC(=O)[C@H](CCS(=O)(=O)c1ccccc1)NC(=O)[C@@H]1CCC(=O)N1. The van der Waals surface area contributed by atoms with Crippen LogP contribution < -0.4 is 10.6 Å². The Bertz CT molecular complexity index is 747. The van der Waals surface area contributed by atoms with Gasteiger partial charge in [0, 0.05) is 6.42 Å². The highest BCUT2D eigenvalue weighted by molar-refractivity contribution is 7.91. The van der Waals surface area contributed by atoms with Gasteiger partial charge in [0.15, 0.2) is 9.84 Å². The van der Waals surface area contributed by atoms with Crippen LogP contribution in [0, 0.1) is 0 Å². The van der Waals surface area contributed by atoms with Crippen molar-refractivity contribution in [2.45, 2.75) is 36.2 Å². The molecule has 1 aliphatic heterocycles. The Morgan fingerprint density at radius 1 is 1.32 bits per heavy atom. The van der Waals surface area contributed by atoms with E-state index >= 15 is 0 Å². The summed E-state index contributed by atoms with van der Waals surface area (Å²) < 4.78 is 29.3. The lowest BCUT2D eigenvalue weighted by atomic mass is 10.1. The Labute approximate surface area is 145 Å². The predicted octanol–water partition coefficient (Wildman–Crippen LogP) is -0.213. The van der Waals surface area contributed by atoms with Crippen LogP contribution in [0.15, 0.2) is 35.2 Å². The smallest absolute Gasteiger partial charge is 0.328 e. The molecule has 136 valence electrons. The van der Waals surface area contributed by atoms with Gasteiger partial charge in [-0.05, 0) is 25.0 Å². The molecule has 1 fully saturated rings. The molecule has 1 heterocycles. The van der Waals surface area contributed by atoms with Gasteiger partial charge in [-0.1, -0.05) is 18.2 Å². The van der Waals surface area contributed by atoms with E-state index < -0.39 is 33.8 Å². The van der Waals surface area contributed by atoms with Gasteiger partial charge in [0.1, 0.15) is 12.1 Å². The van der Waals surface area contributed by atoms with Crippen molar-refractivity contribution in [3.63, 3.8) is 0 Å². The minimum Gasteiger partial charge on any atom is -0.467 e. The number of benzene rings is 1. The van der Waals surface area contributed by atoms with Crippen molar-refractivity contribution in [2.75, 3.05) is 12.9 Å². The molecule has 9 heteroatoms. The van der Waals surface area contributed by atoms with Crippen molar-refractivity contribution in [3.05, 3.63) is 30.3 Å². The first-order valence-electron chi connectivity index (χ1n) is 7.79. The average molecular weight is 368 g/mol. The molecule has 0 unspecified atom stereocenters. The topological polar surface area (TPSA) is 119 Å². The molecule has 0 aliphatic carbocycles. The van der Waals surface area contributed by atoms with Crippen LogP contribution in [0.5, 0.6) is 0 Å². The van der Waals surface area contributed by atoms with Crippen LogP contribution in [-0.2, 0) is 29.0 Å². The Kier molecular flexibility index (Phi) is 6.13. The van der Waals surface area contributed by atoms with Crippen LogP contribution in [0.3, 0.4) is 0 Å². The fourth-order valence-electron chi connectivity index (χ4n) is 2.49.